The lowest BCUT2D eigenvalue weighted by Gasteiger charge is -2.26. The van der Waals surface area contributed by atoms with E-state index in [4.69, 9.17) is 4.74 Å². The van der Waals surface area contributed by atoms with E-state index in [1.54, 1.807) is 55.8 Å². The van der Waals surface area contributed by atoms with Crippen molar-refractivity contribution in [2.24, 2.45) is 0 Å². The molecule has 2 aromatic heterocycles. The molecule has 10 heteroatoms. The van der Waals surface area contributed by atoms with Gasteiger partial charge >= 0.3 is 0 Å². The molecule has 1 aliphatic rings. The Morgan fingerprint density at radius 3 is 2.59 bits per heavy atom. The standard InChI is InChI=1S/C24H17F2N5O3/c1-30-20-5-2-15(10-22(20)34-13-23(30)32)28-24(33)19-12-21(14-6-8-27-9-7-14)31(29-19)16-3-4-17(25)18(26)11-16/h2-12H,13H2,1H3,(H,28,33). The molecule has 0 atom stereocenters. The van der Waals surface area contributed by atoms with Crippen molar-refractivity contribution in [1.82, 2.24) is 14.8 Å². The molecular weight excluding hydrogens is 444 g/mol. The first-order chi connectivity index (χ1) is 16.4. The number of halogens is 2. The van der Waals surface area contributed by atoms with E-state index in [1.807, 2.05) is 0 Å². The maximum atomic E-state index is 13.9. The molecule has 1 aliphatic heterocycles. The van der Waals surface area contributed by atoms with Gasteiger partial charge in [0.05, 0.1) is 17.1 Å². The van der Waals surface area contributed by atoms with Crippen molar-refractivity contribution in [3.63, 3.8) is 0 Å². The molecule has 170 valence electrons. The van der Waals surface area contributed by atoms with E-state index in [0.717, 1.165) is 12.1 Å². The number of aromatic nitrogens is 3. The minimum absolute atomic E-state index is 0.0579. The predicted molar refractivity (Wildman–Crippen MR) is 120 cm³/mol. The number of hydrogen-bond acceptors (Lipinski definition) is 5. The molecular formula is C24H17F2N5O3. The average molecular weight is 461 g/mol. The van der Waals surface area contributed by atoms with Gasteiger partial charge in [-0.2, -0.15) is 5.10 Å². The van der Waals surface area contributed by atoms with Gasteiger partial charge in [0, 0.05) is 42.8 Å². The Morgan fingerprint density at radius 2 is 1.82 bits per heavy atom. The monoisotopic (exact) mass is 461 g/mol. The van der Waals surface area contributed by atoms with Crippen LogP contribution in [0.5, 0.6) is 5.75 Å². The summed E-state index contributed by atoms with van der Waals surface area (Å²) in [6, 6.07) is 13.3. The first kappa shape index (κ1) is 21.3. The van der Waals surface area contributed by atoms with E-state index in [2.05, 4.69) is 15.4 Å². The van der Waals surface area contributed by atoms with E-state index < -0.39 is 17.5 Å². The van der Waals surface area contributed by atoms with Crippen LogP contribution in [0.2, 0.25) is 0 Å². The molecule has 1 N–H and O–H groups in total. The number of nitrogens with one attached hydrogen (secondary N) is 1. The highest BCUT2D eigenvalue weighted by Gasteiger charge is 2.23. The van der Waals surface area contributed by atoms with Crippen molar-refractivity contribution in [1.29, 1.82) is 0 Å². The second kappa shape index (κ2) is 8.39. The third kappa shape index (κ3) is 3.85. The van der Waals surface area contributed by atoms with Crippen LogP contribution >= 0.6 is 0 Å². The number of rotatable bonds is 4. The Balaban J connectivity index is 1.49. The first-order valence-corrected chi connectivity index (χ1v) is 10.2. The van der Waals surface area contributed by atoms with Gasteiger partial charge in [0.2, 0.25) is 0 Å². The van der Waals surface area contributed by atoms with Gasteiger partial charge in [0.15, 0.2) is 23.9 Å². The maximum absolute atomic E-state index is 13.9. The van der Waals surface area contributed by atoms with Crippen LogP contribution in [0.15, 0.2) is 67.0 Å². The molecule has 2 amide bonds. The van der Waals surface area contributed by atoms with Crippen molar-refractivity contribution in [2.75, 3.05) is 23.9 Å². The second-order valence-corrected chi connectivity index (χ2v) is 7.54. The van der Waals surface area contributed by atoms with Gasteiger partial charge in [0.1, 0.15) is 5.75 Å². The fourth-order valence-corrected chi connectivity index (χ4v) is 3.58. The van der Waals surface area contributed by atoms with E-state index in [-0.39, 0.29) is 23.9 Å². The van der Waals surface area contributed by atoms with E-state index in [1.165, 1.54) is 15.6 Å². The van der Waals surface area contributed by atoms with Crippen LogP contribution in [-0.2, 0) is 4.79 Å². The van der Waals surface area contributed by atoms with Gasteiger partial charge in [-0.25, -0.2) is 13.5 Å². The number of carbonyl (C=O) groups excluding carboxylic acids is 2. The summed E-state index contributed by atoms with van der Waals surface area (Å²) in [6.45, 7) is -0.0885. The Labute approximate surface area is 192 Å². The Morgan fingerprint density at radius 1 is 1.03 bits per heavy atom. The molecule has 0 saturated heterocycles. The minimum atomic E-state index is -1.03. The zero-order valence-corrected chi connectivity index (χ0v) is 17.8. The van der Waals surface area contributed by atoms with Crippen LogP contribution in [0.1, 0.15) is 10.5 Å². The zero-order chi connectivity index (χ0) is 23.8. The number of anilines is 2. The van der Waals surface area contributed by atoms with Gasteiger partial charge in [-0.15, -0.1) is 0 Å². The van der Waals surface area contributed by atoms with Crippen LogP contribution < -0.4 is 15.0 Å². The highest BCUT2D eigenvalue weighted by molar-refractivity contribution is 6.04. The van der Waals surface area contributed by atoms with Crippen molar-refractivity contribution < 1.29 is 23.1 Å². The van der Waals surface area contributed by atoms with Crippen LogP contribution in [0.4, 0.5) is 20.2 Å². The molecule has 3 heterocycles. The number of nitrogens with zero attached hydrogens (tertiary/aromatic N) is 4. The van der Waals surface area contributed by atoms with Crippen LogP contribution in [-0.4, -0.2) is 40.2 Å². The highest BCUT2D eigenvalue weighted by Crippen LogP contribution is 2.34. The van der Waals surface area contributed by atoms with Crippen molar-refractivity contribution >= 4 is 23.2 Å². The molecule has 0 radical (unpaired) electrons. The van der Waals surface area contributed by atoms with Gasteiger partial charge in [-0.05, 0) is 42.5 Å². The van der Waals surface area contributed by atoms with Crippen LogP contribution in [0.3, 0.4) is 0 Å². The highest BCUT2D eigenvalue weighted by atomic mass is 19.2. The summed E-state index contributed by atoms with van der Waals surface area (Å²) in [5, 5.41) is 7.10. The largest absolute Gasteiger partial charge is 0.481 e. The lowest BCUT2D eigenvalue weighted by Crippen LogP contribution is -2.35. The second-order valence-electron chi connectivity index (χ2n) is 7.54. The quantitative estimate of drug-likeness (QED) is 0.499. The average Bonchev–Trinajstić information content (AvgIpc) is 3.30. The summed E-state index contributed by atoms with van der Waals surface area (Å²) < 4.78 is 34.2. The van der Waals surface area contributed by atoms with Crippen molar-refractivity contribution in [3.05, 3.63) is 84.3 Å². The summed E-state index contributed by atoms with van der Waals surface area (Å²) in [5.41, 5.74) is 2.52. The minimum Gasteiger partial charge on any atom is -0.481 e. The van der Waals surface area contributed by atoms with E-state index in [9.17, 15) is 18.4 Å². The van der Waals surface area contributed by atoms with Crippen LogP contribution in [0, 0.1) is 11.6 Å². The molecule has 34 heavy (non-hydrogen) atoms. The third-order valence-electron chi connectivity index (χ3n) is 5.37. The van der Waals surface area contributed by atoms with Gasteiger partial charge < -0.3 is 15.0 Å². The SMILES string of the molecule is CN1C(=O)COc2cc(NC(=O)c3cc(-c4ccncc4)n(-c4ccc(F)c(F)c4)n3)ccc21. The molecule has 5 rings (SSSR count). The van der Waals surface area contributed by atoms with Crippen LogP contribution in [0.25, 0.3) is 16.9 Å². The predicted octanol–water partition coefficient (Wildman–Crippen LogP) is 3.82. The molecule has 4 aromatic rings. The summed E-state index contributed by atoms with van der Waals surface area (Å²) in [5.74, 6) is -2.24. The lowest BCUT2D eigenvalue weighted by molar-refractivity contribution is -0.120. The molecule has 0 unspecified atom stereocenters. The Bertz CT molecular complexity index is 1420. The molecule has 0 spiro atoms. The number of fused-ring (bicyclic) bond motifs is 1. The Kier molecular flexibility index (Phi) is 5.25. The summed E-state index contributed by atoms with van der Waals surface area (Å²) in [4.78, 5) is 30.3. The lowest BCUT2D eigenvalue weighted by atomic mass is 10.1. The van der Waals surface area contributed by atoms with Gasteiger partial charge in [0.25, 0.3) is 11.8 Å². The number of pyridine rings is 1. The smallest absolute Gasteiger partial charge is 0.276 e. The molecule has 0 saturated carbocycles. The number of likely N-dealkylation sites (N-methyl/N-ethyl adjacent to an activating group) is 1. The molecule has 2 aromatic carbocycles. The van der Waals surface area contributed by atoms with E-state index >= 15 is 0 Å². The Hall–Kier alpha value is -4.60. The third-order valence-corrected chi connectivity index (χ3v) is 5.37. The fraction of sp³-hybridized carbons (Fsp3) is 0.0833. The number of benzene rings is 2. The number of ether oxygens (including phenoxy) is 1. The molecule has 0 aliphatic carbocycles. The van der Waals surface area contributed by atoms with Crippen molar-refractivity contribution in [3.8, 4) is 22.7 Å². The normalized spacial score (nSPS) is 12.8. The molecule has 0 bridgehead atoms. The molecule has 8 nitrogen and oxygen atoms in total. The van der Waals surface area contributed by atoms with Gasteiger partial charge in [-0.3, -0.25) is 14.6 Å². The topological polar surface area (TPSA) is 89.4 Å². The first-order valence-electron chi connectivity index (χ1n) is 10.2. The summed E-state index contributed by atoms with van der Waals surface area (Å²) >= 11 is 0. The number of amides is 2. The van der Waals surface area contributed by atoms with Crippen molar-refractivity contribution in [2.45, 2.75) is 0 Å². The summed E-state index contributed by atoms with van der Waals surface area (Å²) in [7, 11) is 1.65. The summed E-state index contributed by atoms with van der Waals surface area (Å²) in [6.07, 6.45) is 3.15. The molecule has 0 fully saturated rings. The zero-order valence-electron chi connectivity index (χ0n) is 17.8. The van der Waals surface area contributed by atoms with E-state index in [0.29, 0.717) is 28.4 Å². The fourth-order valence-electron chi connectivity index (χ4n) is 3.58. The number of carbonyl (C=O) groups is 2. The maximum Gasteiger partial charge on any atom is 0.276 e. The number of hydrogen-bond donors (Lipinski definition) is 1. The van der Waals surface area contributed by atoms with Gasteiger partial charge in [-0.1, -0.05) is 0 Å².